The summed E-state index contributed by atoms with van der Waals surface area (Å²) in [6.07, 6.45) is 5.17. The van der Waals surface area contributed by atoms with Gasteiger partial charge in [-0.2, -0.15) is 10.1 Å². The second kappa shape index (κ2) is 6.88. The zero-order valence-corrected chi connectivity index (χ0v) is 13.2. The number of aromatic nitrogens is 4. The van der Waals surface area contributed by atoms with Crippen LogP contribution >= 0.6 is 0 Å². The molecule has 1 amide bonds. The summed E-state index contributed by atoms with van der Waals surface area (Å²) in [5.41, 5.74) is 1.31. The third kappa shape index (κ3) is 3.51. The monoisotopic (exact) mass is 304 g/mol. The fourth-order valence-corrected chi connectivity index (χ4v) is 2.00. The lowest BCUT2D eigenvalue weighted by atomic mass is 10.2. The summed E-state index contributed by atoms with van der Waals surface area (Å²) < 4.78 is 6.98. The summed E-state index contributed by atoms with van der Waals surface area (Å²) in [6, 6.07) is 0. The van der Waals surface area contributed by atoms with E-state index in [-0.39, 0.29) is 12.3 Å². The molecule has 1 N–H and O–H groups in total. The molecular formula is C14H20N6O2. The van der Waals surface area contributed by atoms with Crippen LogP contribution in [0.1, 0.15) is 12.5 Å². The summed E-state index contributed by atoms with van der Waals surface area (Å²) in [4.78, 5) is 22.2. The van der Waals surface area contributed by atoms with E-state index in [4.69, 9.17) is 4.74 Å². The first-order chi connectivity index (χ1) is 10.5. The lowest BCUT2D eigenvalue weighted by Gasteiger charge is -2.17. The van der Waals surface area contributed by atoms with E-state index in [9.17, 15) is 4.79 Å². The molecule has 0 saturated carbocycles. The highest BCUT2D eigenvalue weighted by Gasteiger charge is 2.17. The van der Waals surface area contributed by atoms with Gasteiger partial charge in [0.25, 0.3) is 0 Å². The lowest BCUT2D eigenvalue weighted by molar-refractivity contribution is -0.115. The van der Waals surface area contributed by atoms with Crippen molar-refractivity contribution in [3.63, 3.8) is 0 Å². The van der Waals surface area contributed by atoms with Crippen LogP contribution in [0.15, 0.2) is 18.7 Å². The highest BCUT2D eigenvalue weighted by atomic mass is 16.5. The molecule has 0 bridgehead atoms. The number of hydrogen-bond acceptors (Lipinski definition) is 6. The van der Waals surface area contributed by atoms with Crippen molar-refractivity contribution in [2.24, 2.45) is 0 Å². The lowest BCUT2D eigenvalue weighted by Crippen LogP contribution is -2.20. The van der Waals surface area contributed by atoms with Gasteiger partial charge in [0.05, 0.1) is 19.7 Å². The SMILES string of the molecule is CCn1cc(CC(=O)Nc2c(OC)ncnc2N(C)C)cn1. The molecule has 0 fully saturated rings. The second-order valence-electron chi connectivity index (χ2n) is 4.91. The van der Waals surface area contributed by atoms with Gasteiger partial charge in [0.1, 0.15) is 12.0 Å². The van der Waals surface area contributed by atoms with Crippen LogP contribution in [0.3, 0.4) is 0 Å². The average Bonchev–Trinajstić information content (AvgIpc) is 2.94. The van der Waals surface area contributed by atoms with Gasteiger partial charge in [-0.3, -0.25) is 9.48 Å². The van der Waals surface area contributed by atoms with Gasteiger partial charge in [0.15, 0.2) is 5.82 Å². The summed E-state index contributed by atoms with van der Waals surface area (Å²) in [7, 11) is 5.17. The van der Waals surface area contributed by atoms with Crippen LogP contribution in [0.5, 0.6) is 5.88 Å². The number of nitrogens with one attached hydrogen (secondary N) is 1. The predicted octanol–water partition coefficient (Wildman–Crippen LogP) is 0.949. The van der Waals surface area contributed by atoms with Crippen molar-refractivity contribution < 1.29 is 9.53 Å². The number of ether oxygens (including phenoxy) is 1. The molecule has 2 heterocycles. The Labute approximate surface area is 129 Å². The van der Waals surface area contributed by atoms with Crippen LogP contribution in [-0.2, 0) is 17.8 Å². The maximum Gasteiger partial charge on any atom is 0.242 e. The van der Waals surface area contributed by atoms with E-state index in [1.807, 2.05) is 27.2 Å². The highest BCUT2D eigenvalue weighted by molar-refractivity contribution is 5.96. The van der Waals surface area contributed by atoms with Gasteiger partial charge in [-0.25, -0.2) is 4.98 Å². The molecule has 2 rings (SSSR count). The minimum Gasteiger partial charge on any atom is -0.479 e. The van der Waals surface area contributed by atoms with Crippen molar-refractivity contribution >= 4 is 17.4 Å². The molecule has 0 radical (unpaired) electrons. The zero-order valence-electron chi connectivity index (χ0n) is 13.2. The van der Waals surface area contributed by atoms with Crippen molar-refractivity contribution in [2.75, 3.05) is 31.4 Å². The van der Waals surface area contributed by atoms with Crippen LogP contribution in [0.4, 0.5) is 11.5 Å². The molecule has 0 atom stereocenters. The molecule has 0 saturated heterocycles. The smallest absolute Gasteiger partial charge is 0.242 e. The summed E-state index contributed by atoms with van der Waals surface area (Å²) in [5.74, 6) is 0.743. The number of carbonyl (C=O) groups excluding carboxylic acids is 1. The van der Waals surface area contributed by atoms with E-state index in [2.05, 4.69) is 20.4 Å². The first kappa shape index (κ1) is 15.7. The van der Waals surface area contributed by atoms with Gasteiger partial charge in [0.2, 0.25) is 11.8 Å². The molecule has 0 aliphatic carbocycles. The topological polar surface area (TPSA) is 85.2 Å². The van der Waals surface area contributed by atoms with E-state index >= 15 is 0 Å². The van der Waals surface area contributed by atoms with E-state index in [0.717, 1.165) is 12.1 Å². The molecule has 0 spiro atoms. The standard InChI is InChI=1S/C14H20N6O2/c1-5-20-8-10(7-17-20)6-11(21)18-12-13(19(2)3)15-9-16-14(12)22-4/h7-9H,5-6H2,1-4H3,(H,18,21). The number of carbonyl (C=O) groups is 1. The molecule has 0 aliphatic heterocycles. The molecule has 2 aromatic rings. The van der Waals surface area contributed by atoms with Gasteiger partial charge in [0, 0.05) is 26.8 Å². The highest BCUT2D eigenvalue weighted by Crippen LogP contribution is 2.29. The van der Waals surface area contributed by atoms with Crippen molar-refractivity contribution in [2.45, 2.75) is 19.9 Å². The first-order valence-corrected chi connectivity index (χ1v) is 6.92. The zero-order chi connectivity index (χ0) is 16.1. The number of nitrogens with zero attached hydrogens (tertiary/aromatic N) is 5. The Bertz CT molecular complexity index is 653. The van der Waals surface area contributed by atoms with Crippen molar-refractivity contribution in [3.05, 3.63) is 24.3 Å². The Morgan fingerprint density at radius 2 is 2.18 bits per heavy atom. The van der Waals surface area contributed by atoms with Crippen LogP contribution in [-0.4, -0.2) is 46.9 Å². The molecular weight excluding hydrogens is 284 g/mol. The molecule has 22 heavy (non-hydrogen) atoms. The number of rotatable bonds is 6. The summed E-state index contributed by atoms with van der Waals surface area (Å²) in [6.45, 7) is 2.76. The largest absolute Gasteiger partial charge is 0.479 e. The fourth-order valence-electron chi connectivity index (χ4n) is 2.00. The van der Waals surface area contributed by atoms with Crippen LogP contribution in [0, 0.1) is 0 Å². The third-order valence-corrected chi connectivity index (χ3v) is 3.05. The van der Waals surface area contributed by atoms with Crippen molar-refractivity contribution in [1.29, 1.82) is 0 Å². The summed E-state index contributed by atoms with van der Waals surface area (Å²) >= 11 is 0. The average molecular weight is 304 g/mol. The van der Waals surface area contributed by atoms with Crippen molar-refractivity contribution in [1.82, 2.24) is 19.7 Å². The Morgan fingerprint density at radius 3 is 2.77 bits per heavy atom. The van der Waals surface area contributed by atoms with Gasteiger partial charge in [-0.15, -0.1) is 0 Å². The Morgan fingerprint density at radius 1 is 1.41 bits per heavy atom. The van der Waals surface area contributed by atoms with Crippen LogP contribution in [0.25, 0.3) is 0 Å². The number of hydrogen-bond donors (Lipinski definition) is 1. The number of methoxy groups -OCH3 is 1. The van der Waals surface area contributed by atoms with Gasteiger partial charge >= 0.3 is 0 Å². The third-order valence-electron chi connectivity index (χ3n) is 3.05. The van der Waals surface area contributed by atoms with E-state index in [1.165, 1.54) is 13.4 Å². The Kier molecular flexibility index (Phi) is 4.92. The summed E-state index contributed by atoms with van der Waals surface area (Å²) in [5, 5.41) is 6.97. The van der Waals surface area contributed by atoms with Gasteiger partial charge in [-0.05, 0) is 12.5 Å². The molecule has 2 aromatic heterocycles. The van der Waals surface area contributed by atoms with Gasteiger partial charge < -0.3 is 15.0 Å². The molecule has 0 aromatic carbocycles. The van der Waals surface area contributed by atoms with E-state index < -0.39 is 0 Å². The quantitative estimate of drug-likeness (QED) is 0.855. The van der Waals surface area contributed by atoms with Crippen LogP contribution < -0.4 is 15.0 Å². The number of aryl methyl sites for hydroxylation is 1. The van der Waals surface area contributed by atoms with E-state index in [0.29, 0.717) is 17.4 Å². The second-order valence-corrected chi connectivity index (χ2v) is 4.91. The normalized spacial score (nSPS) is 10.4. The molecule has 8 heteroatoms. The molecule has 8 nitrogen and oxygen atoms in total. The minimum absolute atomic E-state index is 0.174. The first-order valence-electron chi connectivity index (χ1n) is 6.92. The minimum atomic E-state index is -0.174. The molecule has 0 unspecified atom stereocenters. The Hall–Kier alpha value is -2.64. The molecule has 118 valence electrons. The van der Waals surface area contributed by atoms with Crippen molar-refractivity contribution in [3.8, 4) is 5.88 Å². The maximum atomic E-state index is 12.2. The maximum absolute atomic E-state index is 12.2. The van der Waals surface area contributed by atoms with Gasteiger partial charge in [-0.1, -0.05) is 0 Å². The fraction of sp³-hybridized carbons (Fsp3) is 0.429. The van der Waals surface area contributed by atoms with E-state index in [1.54, 1.807) is 15.8 Å². The molecule has 0 aliphatic rings. The Balaban J connectivity index is 2.17. The number of anilines is 2. The van der Waals surface area contributed by atoms with Crippen LogP contribution in [0.2, 0.25) is 0 Å². The number of amides is 1. The predicted molar refractivity (Wildman–Crippen MR) is 83.1 cm³/mol.